The minimum atomic E-state index is 0.0830. The van der Waals surface area contributed by atoms with Gasteiger partial charge in [0.05, 0.1) is 31.4 Å². The average molecular weight is 260 g/mol. The first-order valence-electron chi connectivity index (χ1n) is 6.20. The lowest BCUT2D eigenvalue weighted by atomic mass is 10.1. The molecule has 19 heavy (non-hydrogen) atoms. The Bertz CT molecular complexity index is 538. The number of nitrogens with zero attached hydrogens (tertiary/aromatic N) is 3. The van der Waals surface area contributed by atoms with E-state index in [1.165, 1.54) is 0 Å². The number of anilines is 1. The molecule has 0 saturated carbocycles. The molecule has 0 aliphatic rings. The molecular formula is C14H20N4O. The van der Waals surface area contributed by atoms with E-state index in [1.54, 1.807) is 13.4 Å². The van der Waals surface area contributed by atoms with Crippen LogP contribution in [-0.2, 0) is 7.05 Å². The fraction of sp³-hybridized carbons (Fsp3) is 0.357. The van der Waals surface area contributed by atoms with Gasteiger partial charge in [-0.3, -0.25) is 0 Å². The van der Waals surface area contributed by atoms with Crippen LogP contribution in [0.25, 0.3) is 0 Å². The van der Waals surface area contributed by atoms with Crippen LogP contribution < -0.4 is 15.4 Å². The molecule has 2 N–H and O–H groups in total. The van der Waals surface area contributed by atoms with Crippen LogP contribution in [0.4, 0.5) is 5.69 Å². The van der Waals surface area contributed by atoms with Crippen LogP contribution in [0.2, 0.25) is 0 Å². The SMILES string of the molecule is COc1cccc(N(C)C(CN)c2cncn2C)c1. The molecular weight excluding hydrogens is 240 g/mol. The highest BCUT2D eigenvalue weighted by atomic mass is 16.5. The van der Waals surface area contributed by atoms with Crippen molar-refractivity contribution in [1.82, 2.24) is 9.55 Å². The summed E-state index contributed by atoms with van der Waals surface area (Å²) < 4.78 is 7.25. The van der Waals surface area contributed by atoms with Crippen molar-refractivity contribution in [3.05, 3.63) is 42.5 Å². The second kappa shape index (κ2) is 5.75. The maximum Gasteiger partial charge on any atom is 0.120 e. The second-order valence-electron chi connectivity index (χ2n) is 4.49. The number of likely N-dealkylation sites (N-methyl/N-ethyl adjacent to an activating group) is 1. The Hall–Kier alpha value is -2.01. The van der Waals surface area contributed by atoms with E-state index in [4.69, 9.17) is 10.5 Å². The summed E-state index contributed by atoms with van der Waals surface area (Å²) in [5.41, 5.74) is 8.08. The highest BCUT2D eigenvalue weighted by Gasteiger charge is 2.19. The molecule has 1 unspecified atom stereocenters. The molecule has 0 saturated heterocycles. The van der Waals surface area contributed by atoms with Gasteiger partial charge in [-0.1, -0.05) is 6.07 Å². The highest BCUT2D eigenvalue weighted by Crippen LogP contribution is 2.27. The average Bonchev–Trinajstić information content (AvgIpc) is 2.86. The molecule has 2 rings (SSSR count). The summed E-state index contributed by atoms with van der Waals surface area (Å²) in [6.45, 7) is 0.521. The molecule has 0 spiro atoms. The first kappa shape index (κ1) is 13.4. The molecule has 1 heterocycles. The van der Waals surface area contributed by atoms with E-state index in [1.807, 2.05) is 49.1 Å². The van der Waals surface area contributed by atoms with Crippen LogP contribution in [0.15, 0.2) is 36.8 Å². The molecule has 0 aliphatic heterocycles. The zero-order valence-corrected chi connectivity index (χ0v) is 11.6. The number of hydrogen-bond acceptors (Lipinski definition) is 4. The van der Waals surface area contributed by atoms with E-state index in [2.05, 4.69) is 9.88 Å². The number of imidazole rings is 1. The molecule has 1 aromatic heterocycles. The van der Waals surface area contributed by atoms with Crippen molar-refractivity contribution < 1.29 is 4.74 Å². The Kier molecular flexibility index (Phi) is 4.06. The van der Waals surface area contributed by atoms with Gasteiger partial charge in [-0.05, 0) is 12.1 Å². The van der Waals surface area contributed by atoms with Gasteiger partial charge < -0.3 is 19.9 Å². The third-order valence-corrected chi connectivity index (χ3v) is 3.35. The molecule has 1 atom stereocenters. The van der Waals surface area contributed by atoms with E-state index in [-0.39, 0.29) is 6.04 Å². The fourth-order valence-corrected chi connectivity index (χ4v) is 2.18. The van der Waals surface area contributed by atoms with Gasteiger partial charge in [0.15, 0.2) is 0 Å². The van der Waals surface area contributed by atoms with Crippen LogP contribution in [0.5, 0.6) is 5.75 Å². The molecule has 102 valence electrons. The van der Waals surface area contributed by atoms with Crippen molar-refractivity contribution in [2.75, 3.05) is 25.6 Å². The molecule has 0 fully saturated rings. The maximum absolute atomic E-state index is 5.93. The predicted molar refractivity (Wildman–Crippen MR) is 76.4 cm³/mol. The first-order chi connectivity index (χ1) is 9.17. The van der Waals surface area contributed by atoms with Gasteiger partial charge in [0, 0.05) is 32.4 Å². The molecule has 0 amide bonds. The monoisotopic (exact) mass is 260 g/mol. The molecule has 0 bridgehead atoms. The summed E-state index contributed by atoms with van der Waals surface area (Å²) in [5.74, 6) is 0.838. The quantitative estimate of drug-likeness (QED) is 0.886. The van der Waals surface area contributed by atoms with Crippen LogP contribution in [0.3, 0.4) is 0 Å². The Morgan fingerprint density at radius 2 is 2.26 bits per heavy atom. The molecule has 1 aromatic carbocycles. The predicted octanol–water partition coefficient (Wildman–Crippen LogP) is 1.56. The second-order valence-corrected chi connectivity index (χ2v) is 4.49. The lowest BCUT2D eigenvalue weighted by Gasteiger charge is -2.29. The van der Waals surface area contributed by atoms with Crippen LogP contribution >= 0.6 is 0 Å². The highest BCUT2D eigenvalue weighted by molar-refractivity contribution is 5.51. The number of hydrogen-bond donors (Lipinski definition) is 1. The van der Waals surface area contributed by atoms with Gasteiger partial charge in [0.2, 0.25) is 0 Å². The fourth-order valence-electron chi connectivity index (χ4n) is 2.18. The smallest absolute Gasteiger partial charge is 0.120 e. The molecule has 2 aromatic rings. The zero-order chi connectivity index (χ0) is 13.8. The normalized spacial score (nSPS) is 12.2. The van der Waals surface area contributed by atoms with Gasteiger partial charge in [0.1, 0.15) is 5.75 Å². The summed E-state index contributed by atoms with van der Waals surface area (Å²) in [6, 6.07) is 8.03. The molecule has 5 heteroatoms. The van der Waals surface area contributed by atoms with Gasteiger partial charge in [-0.2, -0.15) is 0 Å². The first-order valence-corrected chi connectivity index (χ1v) is 6.20. The summed E-state index contributed by atoms with van der Waals surface area (Å²) in [4.78, 5) is 6.29. The Labute approximate surface area is 113 Å². The Balaban J connectivity index is 2.30. The number of aryl methyl sites for hydroxylation is 1. The number of methoxy groups -OCH3 is 1. The molecule has 5 nitrogen and oxygen atoms in total. The topological polar surface area (TPSA) is 56.3 Å². The van der Waals surface area contributed by atoms with Crippen LogP contribution in [-0.4, -0.2) is 30.3 Å². The zero-order valence-electron chi connectivity index (χ0n) is 11.6. The van der Waals surface area contributed by atoms with Gasteiger partial charge in [-0.15, -0.1) is 0 Å². The minimum Gasteiger partial charge on any atom is -0.497 e. The Morgan fingerprint density at radius 3 is 2.84 bits per heavy atom. The van der Waals surface area contributed by atoms with Gasteiger partial charge in [-0.25, -0.2) is 4.98 Å². The Morgan fingerprint density at radius 1 is 1.47 bits per heavy atom. The van der Waals surface area contributed by atoms with Crippen molar-refractivity contribution in [2.24, 2.45) is 12.8 Å². The summed E-state index contributed by atoms with van der Waals surface area (Å²) in [6.07, 6.45) is 3.64. The van der Waals surface area contributed by atoms with Crippen molar-refractivity contribution in [3.63, 3.8) is 0 Å². The van der Waals surface area contributed by atoms with Crippen LogP contribution in [0, 0.1) is 0 Å². The third kappa shape index (κ3) is 2.71. The van der Waals surface area contributed by atoms with Crippen molar-refractivity contribution in [3.8, 4) is 5.75 Å². The maximum atomic E-state index is 5.93. The number of nitrogens with two attached hydrogens (primary N) is 1. The van der Waals surface area contributed by atoms with E-state index in [0.717, 1.165) is 17.1 Å². The number of rotatable bonds is 5. The lowest BCUT2D eigenvalue weighted by molar-refractivity contribution is 0.414. The van der Waals surface area contributed by atoms with Crippen molar-refractivity contribution >= 4 is 5.69 Å². The summed E-state index contributed by atoms with van der Waals surface area (Å²) >= 11 is 0. The van der Waals surface area contributed by atoms with Gasteiger partial charge >= 0.3 is 0 Å². The van der Waals surface area contributed by atoms with Crippen LogP contribution in [0.1, 0.15) is 11.7 Å². The van der Waals surface area contributed by atoms with E-state index in [0.29, 0.717) is 6.54 Å². The van der Waals surface area contributed by atoms with Crippen molar-refractivity contribution in [1.29, 1.82) is 0 Å². The van der Waals surface area contributed by atoms with E-state index in [9.17, 15) is 0 Å². The summed E-state index contributed by atoms with van der Waals surface area (Å²) in [5, 5.41) is 0. The number of benzene rings is 1. The standard InChI is InChI=1S/C14H20N4O/c1-17-10-16-9-14(17)13(8-15)18(2)11-5-4-6-12(7-11)19-3/h4-7,9-10,13H,8,15H2,1-3H3. The minimum absolute atomic E-state index is 0.0830. The summed E-state index contributed by atoms with van der Waals surface area (Å²) in [7, 11) is 5.67. The lowest BCUT2D eigenvalue weighted by Crippen LogP contribution is -2.31. The molecule has 0 aliphatic carbocycles. The number of ether oxygens (including phenoxy) is 1. The largest absolute Gasteiger partial charge is 0.497 e. The number of aromatic nitrogens is 2. The van der Waals surface area contributed by atoms with E-state index < -0.39 is 0 Å². The van der Waals surface area contributed by atoms with Crippen molar-refractivity contribution in [2.45, 2.75) is 6.04 Å². The third-order valence-electron chi connectivity index (χ3n) is 3.35. The van der Waals surface area contributed by atoms with Gasteiger partial charge in [0.25, 0.3) is 0 Å². The molecule has 0 radical (unpaired) electrons. The van der Waals surface area contributed by atoms with E-state index >= 15 is 0 Å².